The molecule has 1 aromatic heterocycles. The first-order valence-electron chi connectivity index (χ1n) is 6.76. The lowest BCUT2D eigenvalue weighted by atomic mass is 10.1. The highest BCUT2D eigenvalue weighted by atomic mass is 32.2. The fourth-order valence-corrected chi connectivity index (χ4v) is 5.57. The van der Waals surface area contributed by atoms with Crippen LogP contribution >= 0.6 is 11.3 Å². The Hall–Kier alpha value is -0.920. The first-order valence-corrected chi connectivity index (χ1v) is 9.25. The monoisotopic (exact) mass is 314 g/mol. The Labute approximate surface area is 123 Å². The van der Waals surface area contributed by atoms with Crippen molar-refractivity contribution in [3.05, 3.63) is 21.9 Å². The van der Waals surface area contributed by atoms with Crippen molar-refractivity contribution >= 4 is 27.3 Å². The number of carbonyl (C=O) groups is 1. The van der Waals surface area contributed by atoms with Crippen molar-refractivity contribution in [2.45, 2.75) is 19.9 Å². The highest BCUT2D eigenvalue weighted by molar-refractivity contribution is 7.89. The average molecular weight is 314 g/mol. The minimum atomic E-state index is -3.23. The van der Waals surface area contributed by atoms with Gasteiger partial charge in [-0.3, -0.25) is 4.79 Å². The number of nitrogens with zero attached hydrogens (tertiary/aromatic N) is 2. The van der Waals surface area contributed by atoms with Crippen LogP contribution in [0.2, 0.25) is 0 Å². The van der Waals surface area contributed by atoms with Gasteiger partial charge < -0.3 is 4.90 Å². The number of amides is 1. The van der Waals surface area contributed by atoms with Crippen molar-refractivity contribution in [2.24, 2.45) is 5.92 Å². The Bertz CT molecular complexity index is 623. The summed E-state index contributed by atoms with van der Waals surface area (Å²) in [4.78, 5) is 15.4. The summed E-state index contributed by atoms with van der Waals surface area (Å²) in [5.41, 5.74) is 1.20. The third kappa shape index (κ3) is 2.62. The molecule has 2 aliphatic rings. The average Bonchev–Trinajstić information content (AvgIpc) is 2.92. The second-order valence-electron chi connectivity index (χ2n) is 5.61. The molecule has 1 atom stereocenters. The lowest BCUT2D eigenvalue weighted by Gasteiger charge is -2.28. The van der Waals surface area contributed by atoms with Gasteiger partial charge in [0.05, 0.1) is 12.3 Å². The molecule has 1 amide bonds. The lowest BCUT2D eigenvalue weighted by Crippen LogP contribution is -2.43. The van der Waals surface area contributed by atoms with Crippen LogP contribution in [-0.2, 0) is 27.8 Å². The number of fused-ring (bicyclic) bond motifs is 1. The first-order chi connectivity index (χ1) is 9.45. The van der Waals surface area contributed by atoms with Crippen LogP contribution < -0.4 is 0 Å². The van der Waals surface area contributed by atoms with E-state index in [0.717, 1.165) is 6.42 Å². The van der Waals surface area contributed by atoms with Crippen molar-refractivity contribution in [2.75, 3.05) is 25.4 Å². The molecule has 0 saturated carbocycles. The Kier molecular flexibility index (Phi) is 3.60. The number of thiophene rings is 1. The number of sulfonamides is 1. The van der Waals surface area contributed by atoms with E-state index in [1.54, 1.807) is 16.2 Å². The molecule has 3 heterocycles. The maximum atomic E-state index is 12.3. The minimum absolute atomic E-state index is 0.00779. The summed E-state index contributed by atoms with van der Waals surface area (Å²) in [7, 11) is -3.23. The van der Waals surface area contributed by atoms with Crippen LogP contribution in [0, 0.1) is 5.92 Å². The summed E-state index contributed by atoms with van der Waals surface area (Å²) in [6.07, 6.45) is 0.877. The molecule has 3 rings (SSSR count). The third-order valence-corrected chi connectivity index (χ3v) is 6.95. The number of carbonyl (C=O) groups excluding carboxylic acids is 1. The molecule has 20 heavy (non-hydrogen) atoms. The molecule has 110 valence electrons. The highest BCUT2D eigenvalue weighted by Gasteiger charge is 2.36. The van der Waals surface area contributed by atoms with E-state index in [9.17, 15) is 13.2 Å². The van der Waals surface area contributed by atoms with Gasteiger partial charge in [0.1, 0.15) is 0 Å². The second-order valence-corrected chi connectivity index (χ2v) is 8.62. The van der Waals surface area contributed by atoms with E-state index in [2.05, 4.69) is 0 Å². The molecule has 0 bridgehead atoms. The first kappa shape index (κ1) is 14.0. The number of rotatable bonds is 2. The van der Waals surface area contributed by atoms with Gasteiger partial charge in [0.15, 0.2) is 0 Å². The van der Waals surface area contributed by atoms with E-state index in [1.165, 1.54) is 14.7 Å². The molecule has 2 aliphatic heterocycles. The fourth-order valence-electron chi connectivity index (χ4n) is 2.85. The summed E-state index contributed by atoms with van der Waals surface area (Å²) >= 11 is 1.73. The van der Waals surface area contributed by atoms with Crippen LogP contribution in [0.3, 0.4) is 0 Å². The molecule has 0 radical (unpaired) electrons. The predicted molar refractivity (Wildman–Crippen MR) is 78.0 cm³/mol. The maximum Gasteiger partial charge on any atom is 0.238 e. The molecule has 1 aromatic rings. The van der Waals surface area contributed by atoms with Gasteiger partial charge in [-0.05, 0) is 29.3 Å². The molecule has 1 unspecified atom stereocenters. The second kappa shape index (κ2) is 5.13. The summed E-state index contributed by atoms with van der Waals surface area (Å²) < 4.78 is 25.1. The molecule has 1 fully saturated rings. The summed E-state index contributed by atoms with van der Waals surface area (Å²) in [5.74, 6) is 0.187. The molecular formula is C13H18N2O3S2. The summed E-state index contributed by atoms with van der Waals surface area (Å²) in [5, 5.41) is 2.05. The molecule has 1 saturated heterocycles. The van der Waals surface area contributed by atoms with Gasteiger partial charge in [-0.25, -0.2) is 8.42 Å². The molecule has 7 heteroatoms. The van der Waals surface area contributed by atoms with E-state index in [1.807, 2.05) is 18.4 Å². The summed E-state index contributed by atoms with van der Waals surface area (Å²) in [6, 6.07) is 2.05. The van der Waals surface area contributed by atoms with E-state index in [4.69, 9.17) is 0 Å². The van der Waals surface area contributed by atoms with Gasteiger partial charge in [0.25, 0.3) is 0 Å². The zero-order chi connectivity index (χ0) is 14.3. The van der Waals surface area contributed by atoms with Crippen molar-refractivity contribution in [3.63, 3.8) is 0 Å². The largest absolute Gasteiger partial charge is 0.337 e. The van der Waals surface area contributed by atoms with Crippen molar-refractivity contribution in [3.8, 4) is 0 Å². The van der Waals surface area contributed by atoms with Gasteiger partial charge in [-0.15, -0.1) is 11.3 Å². The minimum Gasteiger partial charge on any atom is -0.337 e. The molecule has 0 aliphatic carbocycles. The zero-order valence-electron chi connectivity index (χ0n) is 11.4. The normalized spacial score (nSPS) is 25.6. The van der Waals surface area contributed by atoms with Gasteiger partial charge in [0.2, 0.25) is 15.9 Å². The molecule has 0 N–H and O–H groups in total. The van der Waals surface area contributed by atoms with Crippen molar-refractivity contribution < 1.29 is 13.2 Å². The van der Waals surface area contributed by atoms with Crippen LogP contribution in [-0.4, -0.2) is 48.9 Å². The number of hydrogen-bond acceptors (Lipinski definition) is 4. The van der Waals surface area contributed by atoms with Gasteiger partial charge in [-0.1, -0.05) is 6.92 Å². The lowest BCUT2D eigenvalue weighted by molar-refractivity contribution is -0.132. The maximum absolute atomic E-state index is 12.3. The van der Waals surface area contributed by atoms with E-state index >= 15 is 0 Å². The smallest absolute Gasteiger partial charge is 0.238 e. The van der Waals surface area contributed by atoms with E-state index < -0.39 is 10.0 Å². The molecule has 5 nitrogen and oxygen atoms in total. The predicted octanol–water partition coefficient (Wildman–Crippen LogP) is 0.914. The van der Waals surface area contributed by atoms with Crippen molar-refractivity contribution in [1.82, 2.24) is 9.21 Å². The molecule has 0 spiro atoms. The summed E-state index contributed by atoms with van der Waals surface area (Å²) in [6.45, 7) is 3.66. The van der Waals surface area contributed by atoms with E-state index in [0.29, 0.717) is 19.6 Å². The third-order valence-electron chi connectivity index (χ3n) is 3.88. The molecule has 0 aromatic carbocycles. The van der Waals surface area contributed by atoms with Gasteiger partial charge in [0, 0.05) is 24.5 Å². The SMILES string of the molecule is CC1CN(CC(=O)N2CCc3sccc3C2)S(=O)(=O)C1. The highest BCUT2D eigenvalue weighted by Crippen LogP contribution is 2.25. The zero-order valence-corrected chi connectivity index (χ0v) is 13.0. The van der Waals surface area contributed by atoms with Crippen molar-refractivity contribution in [1.29, 1.82) is 0 Å². The Morgan fingerprint density at radius 3 is 3.00 bits per heavy atom. The standard InChI is InChI=1S/C13H18N2O3S2/c1-10-6-15(20(17,18)9-10)8-13(16)14-4-2-12-11(7-14)3-5-19-12/h3,5,10H,2,4,6-9H2,1H3. The van der Waals surface area contributed by atoms with Crippen LogP contribution in [0.4, 0.5) is 0 Å². The Morgan fingerprint density at radius 1 is 1.50 bits per heavy atom. The van der Waals surface area contributed by atoms with Gasteiger partial charge in [-0.2, -0.15) is 4.31 Å². The fraction of sp³-hybridized carbons (Fsp3) is 0.615. The van der Waals surface area contributed by atoms with Crippen LogP contribution in [0.5, 0.6) is 0 Å². The van der Waals surface area contributed by atoms with Crippen LogP contribution in [0.1, 0.15) is 17.4 Å². The van der Waals surface area contributed by atoms with Crippen LogP contribution in [0.25, 0.3) is 0 Å². The number of hydrogen-bond donors (Lipinski definition) is 0. The molecular weight excluding hydrogens is 296 g/mol. The Balaban J connectivity index is 1.66. The van der Waals surface area contributed by atoms with Gasteiger partial charge >= 0.3 is 0 Å². The Morgan fingerprint density at radius 2 is 2.30 bits per heavy atom. The quantitative estimate of drug-likeness (QED) is 0.815. The topological polar surface area (TPSA) is 57.7 Å². The van der Waals surface area contributed by atoms with Crippen LogP contribution in [0.15, 0.2) is 11.4 Å². The van der Waals surface area contributed by atoms with E-state index in [-0.39, 0.29) is 24.1 Å².